The third kappa shape index (κ3) is 3.55. The minimum atomic E-state index is -1.12. The van der Waals surface area contributed by atoms with Crippen LogP contribution in [-0.4, -0.2) is 59.1 Å². The molecule has 7 heteroatoms. The molecule has 1 saturated heterocycles. The molecule has 1 aromatic heterocycles. The summed E-state index contributed by atoms with van der Waals surface area (Å²) < 4.78 is 5.10. The van der Waals surface area contributed by atoms with Gasteiger partial charge in [-0.25, -0.2) is 9.59 Å². The van der Waals surface area contributed by atoms with Gasteiger partial charge in [0.1, 0.15) is 5.76 Å². The number of piperazine rings is 1. The molecule has 2 amide bonds. The first kappa shape index (κ1) is 15.4. The Kier molecular flexibility index (Phi) is 4.22. The maximum absolute atomic E-state index is 12.1. The lowest BCUT2D eigenvalue weighted by molar-refractivity contribution is 0.0568. The van der Waals surface area contributed by atoms with Gasteiger partial charge in [-0.2, -0.15) is 0 Å². The lowest BCUT2D eigenvalue weighted by Gasteiger charge is -2.45. The van der Waals surface area contributed by atoms with Gasteiger partial charge in [-0.05, 0) is 33.0 Å². The standard InChI is InChI=1S/C14H21N3O4/c1-14(2)9-17(7-6-16(14)3)13(20)15-8-10-4-5-11(21-10)12(18)19/h4-5H,6-9H2,1-3H3,(H,15,20)(H,18,19). The molecule has 0 radical (unpaired) electrons. The van der Waals surface area contributed by atoms with Gasteiger partial charge >= 0.3 is 12.0 Å². The number of likely N-dealkylation sites (N-methyl/N-ethyl adjacent to an activating group) is 1. The highest BCUT2D eigenvalue weighted by Crippen LogP contribution is 2.18. The van der Waals surface area contributed by atoms with E-state index in [2.05, 4.69) is 24.1 Å². The number of hydrogen-bond acceptors (Lipinski definition) is 4. The number of nitrogens with zero attached hydrogens (tertiary/aromatic N) is 2. The average Bonchev–Trinajstić information content (AvgIpc) is 2.88. The fourth-order valence-electron chi connectivity index (χ4n) is 2.28. The Morgan fingerprint density at radius 3 is 2.67 bits per heavy atom. The zero-order valence-corrected chi connectivity index (χ0v) is 12.5. The molecular formula is C14H21N3O4. The van der Waals surface area contributed by atoms with Crippen molar-refractivity contribution < 1.29 is 19.1 Å². The molecule has 7 nitrogen and oxygen atoms in total. The van der Waals surface area contributed by atoms with E-state index in [1.807, 2.05) is 7.05 Å². The fraction of sp³-hybridized carbons (Fsp3) is 0.571. The SMILES string of the molecule is CN1CCN(C(=O)NCc2ccc(C(=O)O)o2)CC1(C)C. The predicted octanol–water partition coefficient (Wildman–Crippen LogP) is 1.21. The zero-order valence-electron chi connectivity index (χ0n) is 12.5. The van der Waals surface area contributed by atoms with Crippen molar-refractivity contribution >= 4 is 12.0 Å². The Bertz CT molecular complexity index is 538. The summed E-state index contributed by atoms with van der Waals surface area (Å²) in [5.41, 5.74) is -0.0588. The van der Waals surface area contributed by atoms with E-state index in [0.717, 1.165) is 6.54 Å². The van der Waals surface area contributed by atoms with Crippen LogP contribution in [0.15, 0.2) is 16.5 Å². The van der Waals surface area contributed by atoms with Gasteiger partial charge in [-0.3, -0.25) is 4.90 Å². The van der Waals surface area contributed by atoms with E-state index in [0.29, 0.717) is 18.8 Å². The van der Waals surface area contributed by atoms with Crippen LogP contribution < -0.4 is 5.32 Å². The molecule has 1 fully saturated rings. The topological polar surface area (TPSA) is 86.0 Å². The average molecular weight is 295 g/mol. The first-order chi connectivity index (χ1) is 9.79. The number of nitrogens with one attached hydrogen (secondary N) is 1. The normalized spacial score (nSPS) is 18.5. The summed E-state index contributed by atoms with van der Waals surface area (Å²) in [7, 11) is 2.05. The van der Waals surface area contributed by atoms with Crippen LogP contribution in [0.5, 0.6) is 0 Å². The van der Waals surface area contributed by atoms with E-state index in [1.54, 1.807) is 11.0 Å². The fourth-order valence-corrected chi connectivity index (χ4v) is 2.28. The number of amides is 2. The second-order valence-corrected chi connectivity index (χ2v) is 5.89. The summed E-state index contributed by atoms with van der Waals surface area (Å²) in [6, 6.07) is 2.77. The van der Waals surface area contributed by atoms with Crippen LogP contribution in [0, 0.1) is 0 Å². The third-order valence-corrected chi connectivity index (χ3v) is 3.89. The first-order valence-electron chi connectivity index (χ1n) is 6.85. The van der Waals surface area contributed by atoms with Crippen molar-refractivity contribution in [2.45, 2.75) is 25.9 Å². The highest BCUT2D eigenvalue weighted by atomic mass is 16.4. The smallest absolute Gasteiger partial charge is 0.371 e. The summed E-state index contributed by atoms with van der Waals surface area (Å²) in [6.07, 6.45) is 0. The molecule has 1 aliphatic heterocycles. The van der Waals surface area contributed by atoms with Crippen molar-refractivity contribution in [3.8, 4) is 0 Å². The summed E-state index contributed by atoms with van der Waals surface area (Å²) in [6.45, 7) is 6.51. The minimum absolute atomic E-state index is 0.0588. The lowest BCUT2D eigenvalue weighted by Crippen LogP contribution is -2.60. The molecule has 0 aromatic carbocycles. The van der Waals surface area contributed by atoms with E-state index in [4.69, 9.17) is 9.52 Å². The van der Waals surface area contributed by atoms with Gasteiger partial charge in [0.25, 0.3) is 0 Å². The maximum atomic E-state index is 12.1. The summed E-state index contributed by atoms with van der Waals surface area (Å²) in [5.74, 6) is -0.817. The van der Waals surface area contributed by atoms with E-state index < -0.39 is 5.97 Å². The van der Waals surface area contributed by atoms with Gasteiger partial charge in [-0.1, -0.05) is 0 Å². The van der Waals surface area contributed by atoms with Gasteiger partial charge in [0.05, 0.1) is 6.54 Å². The Morgan fingerprint density at radius 1 is 1.38 bits per heavy atom. The Morgan fingerprint density at radius 2 is 2.10 bits per heavy atom. The molecule has 0 bridgehead atoms. The van der Waals surface area contributed by atoms with Crippen molar-refractivity contribution in [2.24, 2.45) is 0 Å². The van der Waals surface area contributed by atoms with Crippen LogP contribution in [0.2, 0.25) is 0 Å². The quantitative estimate of drug-likeness (QED) is 0.875. The van der Waals surface area contributed by atoms with Gasteiger partial charge in [-0.15, -0.1) is 0 Å². The Hall–Kier alpha value is -2.02. The maximum Gasteiger partial charge on any atom is 0.371 e. The van der Waals surface area contributed by atoms with Crippen molar-refractivity contribution in [1.82, 2.24) is 15.1 Å². The number of furan rings is 1. The highest BCUT2D eigenvalue weighted by Gasteiger charge is 2.33. The van der Waals surface area contributed by atoms with Crippen molar-refractivity contribution in [3.05, 3.63) is 23.7 Å². The molecule has 1 aliphatic rings. The minimum Gasteiger partial charge on any atom is -0.475 e. The van der Waals surface area contributed by atoms with Gasteiger partial charge in [0, 0.05) is 25.2 Å². The second kappa shape index (κ2) is 5.77. The van der Waals surface area contributed by atoms with E-state index in [9.17, 15) is 9.59 Å². The molecule has 0 unspecified atom stereocenters. The summed E-state index contributed by atoms with van der Waals surface area (Å²) in [5, 5.41) is 11.5. The molecule has 2 N–H and O–H groups in total. The van der Waals surface area contributed by atoms with Crippen LogP contribution in [-0.2, 0) is 6.54 Å². The van der Waals surface area contributed by atoms with Gasteiger partial charge < -0.3 is 19.7 Å². The van der Waals surface area contributed by atoms with Crippen LogP contribution in [0.1, 0.15) is 30.2 Å². The van der Waals surface area contributed by atoms with E-state index in [-0.39, 0.29) is 23.9 Å². The molecule has 0 saturated carbocycles. The van der Waals surface area contributed by atoms with E-state index >= 15 is 0 Å². The summed E-state index contributed by atoms with van der Waals surface area (Å²) in [4.78, 5) is 26.8. The Balaban J connectivity index is 1.88. The second-order valence-electron chi connectivity index (χ2n) is 5.89. The molecule has 0 atom stereocenters. The van der Waals surface area contributed by atoms with Crippen LogP contribution in [0.3, 0.4) is 0 Å². The molecule has 1 aromatic rings. The van der Waals surface area contributed by atoms with E-state index in [1.165, 1.54) is 6.07 Å². The number of hydrogen-bond donors (Lipinski definition) is 2. The highest BCUT2D eigenvalue weighted by molar-refractivity contribution is 5.84. The van der Waals surface area contributed by atoms with Crippen LogP contribution in [0.25, 0.3) is 0 Å². The predicted molar refractivity (Wildman–Crippen MR) is 76.2 cm³/mol. The third-order valence-electron chi connectivity index (χ3n) is 3.89. The largest absolute Gasteiger partial charge is 0.475 e. The zero-order chi connectivity index (χ0) is 15.6. The van der Waals surface area contributed by atoms with Crippen molar-refractivity contribution in [3.63, 3.8) is 0 Å². The molecule has 116 valence electrons. The number of carbonyl (C=O) groups excluding carboxylic acids is 1. The summed E-state index contributed by atoms with van der Waals surface area (Å²) >= 11 is 0. The van der Waals surface area contributed by atoms with Crippen LogP contribution in [0.4, 0.5) is 4.79 Å². The van der Waals surface area contributed by atoms with Crippen molar-refractivity contribution in [2.75, 3.05) is 26.7 Å². The monoisotopic (exact) mass is 295 g/mol. The molecule has 2 rings (SSSR count). The Labute approximate surface area is 123 Å². The number of urea groups is 1. The van der Waals surface area contributed by atoms with Crippen LogP contribution >= 0.6 is 0 Å². The molecular weight excluding hydrogens is 274 g/mol. The van der Waals surface area contributed by atoms with Gasteiger partial charge in [0.2, 0.25) is 5.76 Å². The molecule has 21 heavy (non-hydrogen) atoms. The molecule has 2 heterocycles. The number of carbonyl (C=O) groups is 2. The molecule has 0 spiro atoms. The first-order valence-corrected chi connectivity index (χ1v) is 6.85. The van der Waals surface area contributed by atoms with Crippen molar-refractivity contribution in [1.29, 1.82) is 0 Å². The number of rotatable bonds is 3. The number of carboxylic acids is 1. The lowest BCUT2D eigenvalue weighted by atomic mass is 10.0. The van der Waals surface area contributed by atoms with Gasteiger partial charge in [0.15, 0.2) is 0 Å². The number of carboxylic acid groups (broad SMARTS) is 1. The molecule has 0 aliphatic carbocycles. The number of aromatic carboxylic acids is 1.